The van der Waals surface area contributed by atoms with Gasteiger partial charge in [0.2, 0.25) is 0 Å². The fraction of sp³-hybridized carbons (Fsp3) is 0.185. The van der Waals surface area contributed by atoms with Crippen LogP contribution in [0.2, 0.25) is 0 Å². The lowest BCUT2D eigenvalue weighted by Gasteiger charge is -2.14. The van der Waals surface area contributed by atoms with Gasteiger partial charge >= 0.3 is 0 Å². The second kappa shape index (κ2) is 11.2. The second-order valence-electron chi connectivity index (χ2n) is 8.03. The molecule has 0 fully saturated rings. The lowest BCUT2D eigenvalue weighted by Crippen LogP contribution is -2.25. The third-order valence-corrected chi connectivity index (χ3v) is 5.38. The standard InChI is InChI=1S/C27H28N6O2/c1-18-16-24(26(32-19(18)2)23-6-3-4-13-29-23)35-22-11-15-30-25(17-22)33-21-9-7-20(8-10-21)27(34)31-14-5-12-28/h3-4,6-11,13,15-17H,5,12,14,28H2,1-2H3,(H,30,33)(H,31,34). The van der Waals surface area contributed by atoms with E-state index in [0.717, 1.165) is 29.1 Å². The zero-order valence-corrected chi connectivity index (χ0v) is 19.8. The molecule has 4 rings (SSSR count). The monoisotopic (exact) mass is 468 g/mol. The highest BCUT2D eigenvalue weighted by atomic mass is 16.5. The number of hydrogen-bond donors (Lipinski definition) is 3. The van der Waals surface area contributed by atoms with Crippen molar-refractivity contribution in [3.8, 4) is 22.9 Å². The van der Waals surface area contributed by atoms with E-state index in [0.29, 0.717) is 41.7 Å². The molecule has 0 saturated carbocycles. The average Bonchev–Trinajstić information content (AvgIpc) is 2.87. The highest BCUT2D eigenvalue weighted by Crippen LogP contribution is 2.33. The first kappa shape index (κ1) is 23.8. The molecule has 35 heavy (non-hydrogen) atoms. The van der Waals surface area contributed by atoms with Crippen molar-refractivity contribution >= 4 is 17.4 Å². The Labute approximate surface area is 204 Å². The van der Waals surface area contributed by atoms with Gasteiger partial charge in [0.05, 0.1) is 5.69 Å². The van der Waals surface area contributed by atoms with Crippen molar-refractivity contribution in [2.45, 2.75) is 20.3 Å². The molecule has 1 aromatic carbocycles. The van der Waals surface area contributed by atoms with Crippen LogP contribution in [0.25, 0.3) is 11.4 Å². The molecular formula is C27H28N6O2. The zero-order valence-electron chi connectivity index (χ0n) is 19.8. The van der Waals surface area contributed by atoms with Crippen LogP contribution in [-0.4, -0.2) is 33.9 Å². The number of hydrogen-bond acceptors (Lipinski definition) is 7. The van der Waals surface area contributed by atoms with E-state index in [2.05, 4.69) is 20.6 Å². The van der Waals surface area contributed by atoms with E-state index in [1.54, 1.807) is 30.6 Å². The third-order valence-electron chi connectivity index (χ3n) is 5.38. The Hall–Kier alpha value is -4.30. The summed E-state index contributed by atoms with van der Waals surface area (Å²) in [5, 5.41) is 6.09. The maximum Gasteiger partial charge on any atom is 0.251 e. The first-order valence-corrected chi connectivity index (χ1v) is 11.4. The van der Waals surface area contributed by atoms with E-state index in [-0.39, 0.29) is 5.91 Å². The van der Waals surface area contributed by atoms with Crippen molar-refractivity contribution in [1.29, 1.82) is 0 Å². The molecule has 0 saturated heterocycles. The molecule has 4 N–H and O–H groups in total. The van der Waals surface area contributed by atoms with Gasteiger partial charge in [0.15, 0.2) is 5.75 Å². The van der Waals surface area contributed by atoms with Gasteiger partial charge in [0.25, 0.3) is 5.91 Å². The molecule has 0 unspecified atom stereocenters. The molecule has 178 valence electrons. The number of carbonyl (C=O) groups is 1. The van der Waals surface area contributed by atoms with E-state index in [1.165, 1.54) is 0 Å². The first-order valence-electron chi connectivity index (χ1n) is 11.4. The SMILES string of the molecule is Cc1cc(Oc2ccnc(Nc3ccc(C(=O)NCCCN)cc3)c2)c(-c2ccccn2)nc1C. The van der Waals surface area contributed by atoms with Crippen molar-refractivity contribution in [2.75, 3.05) is 18.4 Å². The van der Waals surface area contributed by atoms with Crippen molar-refractivity contribution in [2.24, 2.45) is 5.73 Å². The zero-order chi connectivity index (χ0) is 24.6. The second-order valence-corrected chi connectivity index (χ2v) is 8.03. The fourth-order valence-electron chi connectivity index (χ4n) is 3.37. The highest BCUT2D eigenvalue weighted by molar-refractivity contribution is 5.94. The number of anilines is 2. The summed E-state index contributed by atoms with van der Waals surface area (Å²) in [4.78, 5) is 25.7. The van der Waals surface area contributed by atoms with Crippen LogP contribution in [0, 0.1) is 13.8 Å². The molecule has 0 atom stereocenters. The first-order chi connectivity index (χ1) is 17.0. The smallest absolute Gasteiger partial charge is 0.251 e. The fourth-order valence-corrected chi connectivity index (χ4v) is 3.37. The summed E-state index contributed by atoms with van der Waals surface area (Å²) >= 11 is 0. The number of benzene rings is 1. The Balaban J connectivity index is 1.50. The molecular weight excluding hydrogens is 440 g/mol. The van der Waals surface area contributed by atoms with Crippen molar-refractivity contribution in [1.82, 2.24) is 20.3 Å². The van der Waals surface area contributed by atoms with Gasteiger partial charge in [-0.1, -0.05) is 6.07 Å². The molecule has 0 radical (unpaired) electrons. The number of ether oxygens (including phenoxy) is 1. The van der Waals surface area contributed by atoms with E-state index in [9.17, 15) is 4.79 Å². The minimum absolute atomic E-state index is 0.121. The molecule has 0 aliphatic heterocycles. The number of rotatable bonds is 9. The number of nitrogens with zero attached hydrogens (tertiary/aromatic N) is 3. The van der Waals surface area contributed by atoms with E-state index in [1.807, 2.05) is 56.3 Å². The third kappa shape index (κ3) is 6.18. The number of nitrogens with one attached hydrogen (secondary N) is 2. The van der Waals surface area contributed by atoms with Gasteiger partial charge in [-0.3, -0.25) is 9.78 Å². The lowest BCUT2D eigenvalue weighted by atomic mass is 10.1. The normalized spacial score (nSPS) is 10.6. The average molecular weight is 469 g/mol. The van der Waals surface area contributed by atoms with Gasteiger partial charge < -0.3 is 21.1 Å². The van der Waals surface area contributed by atoms with Gasteiger partial charge in [-0.05, 0) is 80.9 Å². The molecule has 8 nitrogen and oxygen atoms in total. The number of carbonyl (C=O) groups excluding carboxylic acids is 1. The Bertz CT molecular complexity index is 1290. The predicted octanol–water partition coefficient (Wildman–Crippen LogP) is 4.77. The molecule has 4 aromatic rings. The maximum atomic E-state index is 12.2. The summed E-state index contributed by atoms with van der Waals surface area (Å²) in [5.41, 5.74) is 10.2. The van der Waals surface area contributed by atoms with Gasteiger partial charge in [-0.15, -0.1) is 0 Å². The van der Waals surface area contributed by atoms with Crippen LogP contribution in [-0.2, 0) is 0 Å². The topological polar surface area (TPSA) is 115 Å². The summed E-state index contributed by atoms with van der Waals surface area (Å²) < 4.78 is 6.23. The van der Waals surface area contributed by atoms with Crippen LogP contribution >= 0.6 is 0 Å². The molecule has 0 aliphatic rings. The van der Waals surface area contributed by atoms with Crippen molar-refractivity contribution in [3.05, 3.63) is 89.9 Å². The molecule has 0 aliphatic carbocycles. The lowest BCUT2D eigenvalue weighted by molar-refractivity contribution is 0.0953. The quantitative estimate of drug-likeness (QED) is 0.303. The highest BCUT2D eigenvalue weighted by Gasteiger charge is 2.13. The molecule has 0 spiro atoms. The number of amides is 1. The van der Waals surface area contributed by atoms with Gasteiger partial charge in [-0.2, -0.15) is 0 Å². The minimum Gasteiger partial charge on any atom is -0.455 e. The summed E-state index contributed by atoms with van der Waals surface area (Å²) in [7, 11) is 0. The summed E-state index contributed by atoms with van der Waals surface area (Å²) in [6.45, 7) is 5.07. The van der Waals surface area contributed by atoms with E-state index >= 15 is 0 Å². The molecule has 0 bridgehead atoms. The van der Waals surface area contributed by atoms with Crippen LogP contribution in [0.15, 0.2) is 73.1 Å². The van der Waals surface area contributed by atoms with Gasteiger partial charge in [-0.25, -0.2) is 9.97 Å². The van der Waals surface area contributed by atoms with Crippen LogP contribution in [0.3, 0.4) is 0 Å². The Morgan fingerprint density at radius 1 is 1.00 bits per heavy atom. The summed E-state index contributed by atoms with van der Waals surface area (Å²) in [6.07, 6.45) is 4.16. The Morgan fingerprint density at radius 2 is 1.83 bits per heavy atom. The van der Waals surface area contributed by atoms with Crippen LogP contribution in [0.5, 0.6) is 11.5 Å². The molecule has 3 aromatic heterocycles. The van der Waals surface area contributed by atoms with Crippen molar-refractivity contribution in [3.63, 3.8) is 0 Å². The Kier molecular flexibility index (Phi) is 7.64. The number of nitrogens with two attached hydrogens (primary N) is 1. The summed E-state index contributed by atoms with van der Waals surface area (Å²) in [5.74, 6) is 1.72. The minimum atomic E-state index is -0.121. The van der Waals surface area contributed by atoms with Gasteiger partial charge in [0, 0.05) is 41.9 Å². The van der Waals surface area contributed by atoms with Crippen LogP contribution in [0.4, 0.5) is 11.5 Å². The van der Waals surface area contributed by atoms with E-state index in [4.69, 9.17) is 15.5 Å². The maximum absolute atomic E-state index is 12.2. The largest absolute Gasteiger partial charge is 0.455 e. The van der Waals surface area contributed by atoms with E-state index < -0.39 is 0 Å². The predicted molar refractivity (Wildman–Crippen MR) is 137 cm³/mol. The molecule has 3 heterocycles. The van der Waals surface area contributed by atoms with Gasteiger partial charge in [0.1, 0.15) is 17.3 Å². The van der Waals surface area contributed by atoms with Crippen LogP contribution in [0.1, 0.15) is 28.0 Å². The summed E-state index contributed by atoms with van der Waals surface area (Å²) in [6, 6.07) is 18.5. The number of aromatic nitrogens is 3. The number of pyridine rings is 3. The molecule has 1 amide bonds. The van der Waals surface area contributed by atoms with Crippen LogP contribution < -0.4 is 21.1 Å². The molecule has 8 heteroatoms. The number of aryl methyl sites for hydroxylation is 2. The van der Waals surface area contributed by atoms with Crippen molar-refractivity contribution < 1.29 is 9.53 Å². The Morgan fingerprint density at radius 3 is 2.57 bits per heavy atom.